The molecule has 7 heteroatoms. The third kappa shape index (κ3) is 4.87. The average Bonchev–Trinajstić information content (AvgIpc) is 2.35. The van der Waals surface area contributed by atoms with Crippen molar-refractivity contribution in [2.45, 2.75) is 0 Å². The molecule has 0 spiro atoms. The minimum Gasteiger partial charge on any atom is -0.478 e. The molecule has 0 aliphatic heterocycles. The third-order valence-electron chi connectivity index (χ3n) is 1.95. The fraction of sp³-hybridized carbons (Fsp3) is 0.455. The van der Waals surface area contributed by atoms with E-state index in [9.17, 15) is 4.79 Å². The zero-order valence-electron chi connectivity index (χ0n) is 9.89. The van der Waals surface area contributed by atoms with Crippen LogP contribution in [0.5, 0.6) is 5.88 Å². The van der Waals surface area contributed by atoms with Crippen LogP contribution in [0.15, 0.2) is 12.3 Å². The van der Waals surface area contributed by atoms with Gasteiger partial charge >= 0.3 is 5.97 Å². The van der Waals surface area contributed by atoms with Crippen LogP contribution in [-0.4, -0.2) is 49.6 Å². The molecule has 1 rings (SSSR count). The van der Waals surface area contributed by atoms with Gasteiger partial charge in [0, 0.05) is 13.3 Å². The summed E-state index contributed by atoms with van der Waals surface area (Å²) in [5, 5.41) is 8.88. The van der Waals surface area contributed by atoms with E-state index in [-0.39, 0.29) is 23.1 Å². The topological polar surface area (TPSA) is 77.9 Å². The van der Waals surface area contributed by atoms with Crippen LogP contribution in [0.1, 0.15) is 10.4 Å². The van der Waals surface area contributed by atoms with E-state index < -0.39 is 5.97 Å². The van der Waals surface area contributed by atoms with Crippen molar-refractivity contribution in [1.29, 1.82) is 0 Å². The molecule has 1 heterocycles. The van der Waals surface area contributed by atoms with Gasteiger partial charge in [-0.1, -0.05) is 11.6 Å². The number of rotatable bonds is 8. The number of methoxy groups -OCH3 is 1. The number of pyridine rings is 1. The number of carboxylic acids is 1. The van der Waals surface area contributed by atoms with Gasteiger partial charge in [-0.2, -0.15) is 0 Å². The van der Waals surface area contributed by atoms with Crippen LogP contribution >= 0.6 is 11.6 Å². The molecule has 1 aromatic rings. The predicted molar refractivity (Wildman–Crippen MR) is 64.4 cm³/mol. The van der Waals surface area contributed by atoms with Crippen molar-refractivity contribution in [2.75, 3.05) is 33.5 Å². The minimum atomic E-state index is -1.08. The van der Waals surface area contributed by atoms with Gasteiger partial charge in [0.1, 0.15) is 11.6 Å². The minimum absolute atomic E-state index is 0.0173. The maximum Gasteiger partial charge on any atom is 0.337 e. The molecule has 0 unspecified atom stereocenters. The third-order valence-corrected chi connectivity index (χ3v) is 2.22. The Hall–Kier alpha value is -1.37. The monoisotopic (exact) mass is 275 g/mol. The van der Waals surface area contributed by atoms with Gasteiger partial charge in [-0.25, -0.2) is 9.78 Å². The summed E-state index contributed by atoms with van der Waals surface area (Å²) in [6, 6.07) is 1.29. The molecule has 6 nitrogen and oxygen atoms in total. The second kappa shape index (κ2) is 7.86. The highest BCUT2D eigenvalue weighted by Gasteiger charge is 2.09. The fourth-order valence-corrected chi connectivity index (χ4v) is 1.31. The van der Waals surface area contributed by atoms with Crippen molar-refractivity contribution in [3.63, 3.8) is 0 Å². The number of aromatic carboxylic acids is 1. The van der Waals surface area contributed by atoms with Gasteiger partial charge in [0.2, 0.25) is 5.88 Å². The highest BCUT2D eigenvalue weighted by atomic mass is 35.5. The Morgan fingerprint density at radius 3 is 2.72 bits per heavy atom. The van der Waals surface area contributed by atoms with Crippen LogP contribution in [0.2, 0.25) is 5.02 Å². The molecule has 0 fully saturated rings. The molecule has 0 saturated carbocycles. The highest BCUT2D eigenvalue weighted by molar-refractivity contribution is 6.32. The van der Waals surface area contributed by atoms with Crippen molar-refractivity contribution in [1.82, 2.24) is 4.98 Å². The zero-order valence-corrected chi connectivity index (χ0v) is 10.6. The molecule has 0 aliphatic rings. The van der Waals surface area contributed by atoms with Crippen molar-refractivity contribution >= 4 is 17.6 Å². The first-order chi connectivity index (χ1) is 8.65. The van der Waals surface area contributed by atoms with E-state index in [4.69, 9.17) is 30.9 Å². The summed E-state index contributed by atoms with van der Waals surface area (Å²) in [5.41, 5.74) is 0.0173. The van der Waals surface area contributed by atoms with E-state index in [2.05, 4.69) is 4.98 Å². The Labute approximate surface area is 109 Å². The molecule has 0 atom stereocenters. The van der Waals surface area contributed by atoms with Crippen LogP contribution in [0.3, 0.4) is 0 Å². The number of hydrogen-bond acceptors (Lipinski definition) is 5. The number of hydrogen-bond donors (Lipinski definition) is 1. The first-order valence-electron chi connectivity index (χ1n) is 5.23. The Morgan fingerprint density at radius 2 is 2.11 bits per heavy atom. The Bertz CT molecular complexity index is 399. The number of nitrogens with zero attached hydrogens (tertiary/aromatic N) is 1. The van der Waals surface area contributed by atoms with Crippen molar-refractivity contribution < 1.29 is 24.1 Å². The fourth-order valence-electron chi connectivity index (χ4n) is 1.09. The summed E-state index contributed by atoms with van der Waals surface area (Å²) in [6.45, 7) is 1.66. The lowest BCUT2D eigenvalue weighted by Crippen LogP contribution is -2.11. The van der Waals surface area contributed by atoms with Gasteiger partial charge in [0.05, 0.1) is 25.4 Å². The lowest BCUT2D eigenvalue weighted by Gasteiger charge is -2.07. The molecule has 0 amide bonds. The summed E-state index contributed by atoms with van der Waals surface area (Å²) in [5.74, 6) is -0.893. The maximum absolute atomic E-state index is 10.7. The smallest absolute Gasteiger partial charge is 0.337 e. The predicted octanol–water partition coefficient (Wildman–Crippen LogP) is 1.47. The van der Waals surface area contributed by atoms with Crippen LogP contribution < -0.4 is 4.74 Å². The molecule has 1 aromatic heterocycles. The van der Waals surface area contributed by atoms with Crippen LogP contribution in [0.25, 0.3) is 0 Å². The van der Waals surface area contributed by atoms with Gasteiger partial charge in [-0.15, -0.1) is 0 Å². The zero-order chi connectivity index (χ0) is 13.4. The molecule has 100 valence electrons. The molecule has 1 N–H and O–H groups in total. The van der Waals surface area contributed by atoms with E-state index in [1.54, 1.807) is 7.11 Å². The lowest BCUT2D eigenvalue weighted by atomic mass is 10.3. The second-order valence-electron chi connectivity index (χ2n) is 3.27. The first-order valence-corrected chi connectivity index (χ1v) is 5.61. The number of ether oxygens (including phenoxy) is 3. The van der Waals surface area contributed by atoms with Crippen LogP contribution in [0.4, 0.5) is 0 Å². The molecule has 0 radical (unpaired) electrons. The number of aromatic nitrogens is 1. The van der Waals surface area contributed by atoms with Gasteiger partial charge in [0.25, 0.3) is 0 Å². The van der Waals surface area contributed by atoms with E-state index in [1.165, 1.54) is 12.3 Å². The Morgan fingerprint density at radius 1 is 1.39 bits per heavy atom. The SMILES string of the molecule is COCCOCCOc1ncc(C(=O)O)cc1Cl. The average molecular weight is 276 g/mol. The summed E-state index contributed by atoms with van der Waals surface area (Å²) < 4.78 is 15.2. The van der Waals surface area contributed by atoms with Crippen molar-refractivity contribution in [3.8, 4) is 5.88 Å². The summed E-state index contributed by atoms with van der Waals surface area (Å²) in [6.07, 6.45) is 1.19. The van der Waals surface area contributed by atoms with E-state index in [0.29, 0.717) is 19.8 Å². The summed E-state index contributed by atoms with van der Waals surface area (Å²) in [7, 11) is 1.59. The largest absolute Gasteiger partial charge is 0.478 e. The molecule has 0 aromatic carbocycles. The molecule has 18 heavy (non-hydrogen) atoms. The Kier molecular flexibility index (Phi) is 6.42. The lowest BCUT2D eigenvalue weighted by molar-refractivity contribution is 0.0537. The highest BCUT2D eigenvalue weighted by Crippen LogP contribution is 2.22. The van der Waals surface area contributed by atoms with E-state index in [1.807, 2.05) is 0 Å². The van der Waals surface area contributed by atoms with E-state index in [0.717, 1.165) is 0 Å². The molecular weight excluding hydrogens is 262 g/mol. The summed E-state index contributed by atoms with van der Waals surface area (Å²) >= 11 is 5.82. The number of carbonyl (C=O) groups is 1. The van der Waals surface area contributed by atoms with Gasteiger partial charge in [0.15, 0.2) is 0 Å². The molecule has 0 saturated heterocycles. The quantitative estimate of drug-likeness (QED) is 0.724. The van der Waals surface area contributed by atoms with Gasteiger partial charge < -0.3 is 19.3 Å². The standard InChI is InChI=1S/C11H14ClNO5/c1-16-2-3-17-4-5-18-10-9(12)6-8(7-13-10)11(14)15/h6-7H,2-5H2,1H3,(H,14,15). The Balaban J connectivity index is 2.36. The number of halogens is 1. The molecular formula is C11H14ClNO5. The van der Waals surface area contributed by atoms with Gasteiger partial charge in [-0.3, -0.25) is 0 Å². The molecule has 0 bridgehead atoms. The van der Waals surface area contributed by atoms with Crippen molar-refractivity contribution in [2.24, 2.45) is 0 Å². The van der Waals surface area contributed by atoms with Gasteiger partial charge in [-0.05, 0) is 6.07 Å². The summed E-state index contributed by atoms with van der Waals surface area (Å²) in [4.78, 5) is 14.5. The van der Waals surface area contributed by atoms with Crippen LogP contribution in [0, 0.1) is 0 Å². The molecule has 0 aliphatic carbocycles. The van der Waals surface area contributed by atoms with Crippen LogP contribution in [-0.2, 0) is 9.47 Å². The van der Waals surface area contributed by atoms with E-state index >= 15 is 0 Å². The maximum atomic E-state index is 10.7. The second-order valence-corrected chi connectivity index (χ2v) is 3.68. The first kappa shape index (κ1) is 14.7. The number of carboxylic acid groups (broad SMARTS) is 1. The normalized spacial score (nSPS) is 10.3. The van der Waals surface area contributed by atoms with Crippen molar-refractivity contribution in [3.05, 3.63) is 22.8 Å².